The summed E-state index contributed by atoms with van der Waals surface area (Å²) in [6.45, 7) is 3.54. The van der Waals surface area contributed by atoms with Gasteiger partial charge in [-0.2, -0.15) is 0 Å². The van der Waals surface area contributed by atoms with Gasteiger partial charge in [0.1, 0.15) is 11.2 Å². The minimum atomic E-state index is -0.529. The molecule has 0 atom stereocenters. The molecule has 1 aromatic heterocycles. The third kappa shape index (κ3) is 2.85. The van der Waals surface area contributed by atoms with Crippen molar-refractivity contribution >= 4 is 5.97 Å². The summed E-state index contributed by atoms with van der Waals surface area (Å²) in [4.78, 5) is 16.1. The van der Waals surface area contributed by atoms with Gasteiger partial charge in [-0.15, -0.1) is 5.10 Å². The fourth-order valence-corrected chi connectivity index (χ4v) is 2.63. The van der Waals surface area contributed by atoms with E-state index in [2.05, 4.69) is 21.2 Å². The highest BCUT2D eigenvalue weighted by molar-refractivity contribution is 5.85. The molecular formula is C16H19N3O4. The molecule has 1 fully saturated rings. The molecular weight excluding hydrogens is 298 g/mol. The average Bonchev–Trinajstić information content (AvgIpc) is 2.97. The van der Waals surface area contributed by atoms with Gasteiger partial charge in [-0.05, 0) is 18.1 Å². The Hall–Kier alpha value is -2.25. The number of aromatic amines is 1. The Morgan fingerprint density at radius 1 is 1.43 bits per heavy atom. The van der Waals surface area contributed by atoms with Crippen LogP contribution in [0.5, 0.6) is 0 Å². The van der Waals surface area contributed by atoms with Crippen LogP contribution in [0.25, 0.3) is 0 Å². The Labute approximate surface area is 134 Å². The molecule has 1 aliphatic rings. The normalized spacial score (nSPS) is 15.9. The maximum Gasteiger partial charge on any atom is 0.378 e. The third-order valence-corrected chi connectivity index (χ3v) is 3.88. The summed E-state index contributed by atoms with van der Waals surface area (Å²) in [6, 6.07) is 8.07. The van der Waals surface area contributed by atoms with Crippen molar-refractivity contribution in [1.29, 1.82) is 0 Å². The first-order valence-corrected chi connectivity index (χ1v) is 7.45. The second kappa shape index (κ2) is 6.47. The van der Waals surface area contributed by atoms with Crippen molar-refractivity contribution in [3.8, 4) is 0 Å². The quantitative estimate of drug-likeness (QED) is 0.811. The predicted octanol–water partition coefficient (Wildman–Crippen LogP) is 1.44. The first-order chi connectivity index (χ1) is 11.2. The van der Waals surface area contributed by atoms with Crippen molar-refractivity contribution in [3.05, 3.63) is 47.0 Å². The highest BCUT2D eigenvalue weighted by Gasteiger charge is 2.45. The van der Waals surface area contributed by atoms with E-state index < -0.39 is 11.4 Å². The van der Waals surface area contributed by atoms with E-state index >= 15 is 0 Å². The maximum atomic E-state index is 11.8. The molecule has 0 aliphatic carbocycles. The van der Waals surface area contributed by atoms with Crippen LogP contribution in [0, 0.1) is 0 Å². The van der Waals surface area contributed by atoms with Gasteiger partial charge in [0, 0.05) is 7.11 Å². The lowest BCUT2D eigenvalue weighted by Gasteiger charge is -2.40. The molecule has 122 valence electrons. The highest BCUT2D eigenvalue weighted by Crippen LogP contribution is 2.37. The number of aromatic nitrogens is 3. The van der Waals surface area contributed by atoms with Crippen molar-refractivity contribution in [2.45, 2.75) is 18.9 Å². The summed E-state index contributed by atoms with van der Waals surface area (Å²) in [5, 5.41) is 6.84. The van der Waals surface area contributed by atoms with E-state index in [-0.39, 0.29) is 12.4 Å². The van der Waals surface area contributed by atoms with Crippen LogP contribution in [0.1, 0.15) is 34.5 Å². The monoisotopic (exact) mass is 317 g/mol. The third-order valence-electron chi connectivity index (χ3n) is 3.88. The number of esters is 1. The lowest BCUT2D eigenvalue weighted by atomic mass is 9.77. The Bertz CT molecular complexity index is 694. The predicted molar refractivity (Wildman–Crippen MR) is 81.1 cm³/mol. The number of nitrogens with one attached hydrogen (secondary N) is 1. The van der Waals surface area contributed by atoms with E-state index in [1.54, 1.807) is 14.0 Å². The van der Waals surface area contributed by atoms with Crippen LogP contribution in [0.15, 0.2) is 24.3 Å². The first-order valence-electron chi connectivity index (χ1n) is 7.45. The van der Waals surface area contributed by atoms with Crippen molar-refractivity contribution < 1.29 is 19.0 Å². The van der Waals surface area contributed by atoms with Crippen LogP contribution in [0.4, 0.5) is 0 Å². The number of rotatable bonds is 6. The van der Waals surface area contributed by atoms with E-state index in [9.17, 15) is 4.79 Å². The Kier molecular flexibility index (Phi) is 4.40. The van der Waals surface area contributed by atoms with Crippen LogP contribution in [-0.4, -0.2) is 48.1 Å². The second-order valence-electron chi connectivity index (χ2n) is 5.44. The van der Waals surface area contributed by atoms with E-state index in [1.165, 1.54) is 0 Å². The zero-order valence-electron chi connectivity index (χ0n) is 13.2. The molecule has 7 heteroatoms. The van der Waals surface area contributed by atoms with Gasteiger partial charge in [-0.25, -0.2) is 9.78 Å². The van der Waals surface area contributed by atoms with E-state index in [1.807, 2.05) is 18.2 Å². The second-order valence-corrected chi connectivity index (χ2v) is 5.44. The summed E-state index contributed by atoms with van der Waals surface area (Å²) in [5.74, 6) is 0.126. The molecule has 1 aromatic carbocycles. The number of H-pyrrole nitrogens is 1. The summed E-state index contributed by atoms with van der Waals surface area (Å²) < 4.78 is 15.5. The van der Waals surface area contributed by atoms with E-state index in [0.717, 1.165) is 11.1 Å². The first kappa shape index (κ1) is 15.6. The molecule has 1 N–H and O–H groups in total. The molecule has 3 rings (SSSR count). The molecule has 0 bridgehead atoms. The zero-order valence-corrected chi connectivity index (χ0v) is 13.2. The van der Waals surface area contributed by atoms with Gasteiger partial charge in [-0.1, -0.05) is 24.3 Å². The number of carbonyl (C=O) groups excluding carboxylic acids is 1. The molecule has 2 aromatic rings. The topological polar surface area (TPSA) is 86.3 Å². The molecule has 1 saturated heterocycles. The van der Waals surface area contributed by atoms with Gasteiger partial charge in [0.05, 0.1) is 26.4 Å². The fraction of sp³-hybridized carbons (Fsp3) is 0.438. The zero-order chi connectivity index (χ0) is 16.3. The number of nitrogens with zero attached hydrogens (tertiary/aromatic N) is 2. The lowest BCUT2D eigenvalue weighted by molar-refractivity contribution is -0.0421. The molecule has 0 saturated carbocycles. The van der Waals surface area contributed by atoms with Gasteiger partial charge in [0.25, 0.3) is 5.82 Å². The fourth-order valence-electron chi connectivity index (χ4n) is 2.63. The lowest BCUT2D eigenvalue weighted by Crippen LogP contribution is -2.48. The maximum absolute atomic E-state index is 11.8. The van der Waals surface area contributed by atoms with Crippen molar-refractivity contribution in [1.82, 2.24) is 15.2 Å². The minimum Gasteiger partial charge on any atom is -0.460 e. The van der Waals surface area contributed by atoms with Gasteiger partial charge >= 0.3 is 5.97 Å². The standard InChI is InChI=1S/C16H19N3O4/c1-3-23-14(20)13-17-15(19-18-13)16(9-22-10-16)12-6-4-5-11(7-12)8-21-2/h4-7H,3,8-10H2,1-2H3,(H,17,18,19). The van der Waals surface area contributed by atoms with Crippen LogP contribution in [-0.2, 0) is 26.2 Å². The summed E-state index contributed by atoms with van der Waals surface area (Å²) >= 11 is 0. The summed E-state index contributed by atoms with van der Waals surface area (Å²) in [7, 11) is 1.66. The van der Waals surface area contributed by atoms with Crippen molar-refractivity contribution in [3.63, 3.8) is 0 Å². The number of hydrogen-bond acceptors (Lipinski definition) is 6. The molecule has 0 radical (unpaired) electrons. The Morgan fingerprint density at radius 3 is 2.91 bits per heavy atom. The number of hydrogen-bond donors (Lipinski definition) is 1. The number of carbonyl (C=O) groups is 1. The number of benzene rings is 1. The Balaban J connectivity index is 1.92. The molecule has 23 heavy (non-hydrogen) atoms. The number of ether oxygens (including phenoxy) is 3. The molecule has 2 heterocycles. The van der Waals surface area contributed by atoms with Crippen LogP contribution >= 0.6 is 0 Å². The smallest absolute Gasteiger partial charge is 0.378 e. The van der Waals surface area contributed by atoms with Gasteiger partial charge in [0.15, 0.2) is 0 Å². The van der Waals surface area contributed by atoms with Crippen molar-refractivity contribution in [2.75, 3.05) is 26.9 Å². The molecule has 7 nitrogen and oxygen atoms in total. The minimum absolute atomic E-state index is 0.0428. The van der Waals surface area contributed by atoms with Crippen molar-refractivity contribution in [2.24, 2.45) is 0 Å². The highest BCUT2D eigenvalue weighted by atomic mass is 16.5. The van der Waals surface area contributed by atoms with E-state index in [4.69, 9.17) is 14.2 Å². The van der Waals surface area contributed by atoms with Gasteiger partial charge in [0.2, 0.25) is 0 Å². The SMILES string of the molecule is CCOC(=O)c1n[nH]c(C2(c3cccc(COC)c3)COC2)n1. The van der Waals surface area contributed by atoms with E-state index in [0.29, 0.717) is 25.6 Å². The van der Waals surface area contributed by atoms with Crippen LogP contribution in [0.2, 0.25) is 0 Å². The van der Waals surface area contributed by atoms with Crippen LogP contribution < -0.4 is 0 Å². The molecule has 1 aliphatic heterocycles. The largest absolute Gasteiger partial charge is 0.460 e. The average molecular weight is 317 g/mol. The molecule has 0 unspecified atom stereocenters. The molecule has 0 spiro atoms. The number of methoxy groups -OCH3 is 1. The van der Waals surface area contributed by atoms with Crippen LogP contribution in [0.3, 0.4) is 0 Å². The summed E-state index contributed by atoms with van der Waals surface area (Å²) in [6.07, 6.45) is 0. The Morgan fingerprint density at radius 2 is 2.26 bits per heavy atom. The van der Waals surface area contributed by atoms with Gasteiger partial charge < -0.3 is 14.2 Å². The summed E-state index contributed by atoms with van der Waals surface area (Å²) in [5.41, 5.74) is 1.72. The molecule has 0 amide bonds. The van der Waals surface area contributed by atoms with Gasteiger partial charge in [-0.3, -0.25) is 5.10 Å².